The summed E-state index contributed by atoms with van der Waals surface area (Å²) in [6.45, 7) is 3.67. The van der Waals surface area contributed by atoms with Gasteiger partial charge in [-0.3, -0.25) is 4.79 Å². The first-order chi connectivity index (χ1) is 9.70. The maximum Gasteiger partial charge on any atom is 0.323 e. The van der Waals surface area contributed by atoms with Gasteiger partial charge in [0.2, 0.25) is 10.0 Å². The van der Waals surface area contributed by atoms with E-state index in [0.29, 0.717) is 5.82 Å². The minimum atomic E-state index is -3.53. The Hall–Kier alpha value is -1.67. The van der Waals surface area contributed by atoms with Crippen molar-refractivity contribution in [2.45, 2.75) is 31.2 Å². The summed E-state index contributed by atoms with van der Waals surface area (Å²) in [6.07, 6.45) is 2.01. The minimum absolute atomic E-state index is 0.00935. The second-order valence-corrected chi connectivity index (χ2v) is 7.07. The van der Waals surface area contributed by atoms with Gasteiger partial charge in [0, 0.05) is 26.3 Å². The number of carbonyl (C=O) groups is 1. The van der Waals surface area contributed by atoms with Crippen molar-refractivity contribution in [1.29, 1.82) is 0 Å². The van der Waals surface area contributed by atoms with Gasteiger partial charge in [-0.25, -0.2) is 17.7 Å². The lowest BCUT2D eigenvalue weighted by atomic mass is 10.2. The summed E-state index contributed by atoms with van der Waals surface area (Å²) in [5.74, 6) is -0.508. The van der Waals surface area contributed by atoms with Crippen molar-refractivity contribution < 1.29 is 18.3 Å². The Kier molecular flexibility index (Phi) is 5.68. The number of rotatable bonds is 7. The first-order valence-corrected chi connectivity index (χ1v) is 8.01. The molecule has 0 fully saturated rings. The lowest BCUT2D eigenvalue weighted by Gasteiger charge is -2.28. The molecular formula is C13H21N3O4S. The summed E-state index contributed by atoms with van der Waals surface area (Å²) < 4.78 is 25.0. The van der Waals surface area contributed by atoms with Gasteiger partial charge in [-0.15, -0.1) is 0 Å². The van der Waals surface area contributed by atoms with Gasteiger partial charge in [0.1, 0.15) is 17.3 Å². The van der Waals surface area contributed by atoms with Crippen LogP contribution in [0.4, 0.5) is 5.82 Å². The van der Waals surface area contributed by atoms with Crippen LogP contribution >= 0.6 is 0 Å². The molecule has 8 heteroatoms. The van der Waals surface area contributed by atoms with Gasteiger partial charge in [-0.1, -0.05) is 6.92 Å². The maximum absolute atomic E-state index is 12.0. The molecule has 0 saturated carbocycles. The summed E-state index contributed by atoms with van der Waals surface area (Å²) >= 11 is 0. The van der Waals surface area contributed by atoms with Crippen molar-refractivity contribution in [3.63, 3.8) is 0 Å². The highest BCUT2D eigenvalue weighted by Gasteiger charge is 2.20. The van der Waals surface area contributed by atoms with E-state index >= 15 is 0 Å². The van der Waals surface area contributed by atoms with Crippen molar-refractivity contribution in [1.82, 2.24) is 9.29 Å². The average molecular weight is 315 g/mol. The lowest BCUT2D eigenvalue weighted by molar-refractivity contribution is -0.135. The summed E-state index contributed by atoms with van der Waals surface area (Å²) in [5.41, 5.74) is 0. The smallest absolute Gasteiger partial charge is 0.323 e. The SMILES string of the molecule is CCC(C)N(CC(=O)O)c1ccc(S(=O)(=O)N(C)C)cn1. The van der Waals surface area contributed by atoms with Gasteiger partial charge >= 0.3 is 5.97 Å². The van der Waals surface area contributed by atoms with Crippen molar-refractivity contribution in [3.8, 4) is 0 Å². The number of hydrogen-bond acceptors (Lipinski definition) is 5. The second kappa shape index (κ2) is 6.86. The van der Waals surface area contributed by atoms with Gasteiger partial charge in [-0.05, 0) is 25.5 Å². The zero-order valence-electron chi connectivity index (χ0n) is 12.6. The molecule has 0 saturated heterocycles. The Morgan fingerprint density at radius 2 is 2.00 bits per heavy atom. The normalized spacial score (nSPS) is 13.2. The third kappa shape index (κ3) is 4.15. The highest BCUT2D eigenvalue weighted by atomic mass is 32.2. The molecular weight excluding hydrogens is 294 g/mol. The molecule has 0 aliphatic rings. The molecule has 0 radical (unpaired) electrons. The van der Waals surface area contributed by atoms with Crippen LogP contribution in [0.25, 0.3) is 0 Å². The monoisotopic (exact) mass is 315 g/mol. The van der Waals surface area contributed by atoms with E-state index in [4.69, 9.17) is 5.11 Å². The zero-order valence-corrected chi connectivity index (χ0v) is 13.5. The van der Waals surface area contributed by atoms with Crippen LogP contribution in [0, 0.1) is 0 Å². The van der Waals surface area contributed by atoms with E-state index in [1.807, 2.05) is 13.8 Å². The maximum atomic E-state index is 12.0. The Morgan fingerprint density at radius 1 is 1.38 bits per heavy atom. The fraction of sp³-hybridized carbons (Fsp3) is 0.538. The van der Waals surface area contributed by atoms with Crippen molar-refractivity contribution in [3.05, 3.63) is 18.3 Å². The highest BCUT2D eigenvalue weighted by Crippen LogP contribution is 2.19. The van der Waals surface area contributed by atoms with Crippen LogP contribution in [0.3, 0.4) is 0 Å². The molecule has 0 spiro atoms. The topological polar surface area (TPSA) is 90.8 Å². The molecule has 1 aromatic heterocycles. The fourth-order valence-electron chi connectivity index (χ4n) is 1.73. The molecule has 1 atom stereocenters. The molecule has 118 valence electrons. The van der Waals surface area contributed by atoms with E-state index in [2.05, 4.69) is 4.98 Å². The second-order valence-electron chi connectivity index (χ2n) is 4.92. The number of carboxylic acid groups (broad SMARTS) is 1. The van der Waals surface area contributed by atoms with Gasteiger partial charge in [-0.2, -0.15) is 0 Å². The van der Waals surface area contributed by atoms with Gasteiger partial charge < -0.3 is 10.0 Å². The molecule has 0 amide bonds. The molecule has 1 N–H and O–H groups in total. The number of pyridine rings is 1. The van der Waals surface area contributed by atoms with Crippen LogP contribution in [0.1, 0.15) is 20.3 Å². The van der Waals surface area contributed by atoms with Crippen LogP contribution in [-0.2, 0) is 14.8 Å². The van der Waals surface area contributed by atoms with E-state index in [0.717, 1.165) is 10.7 Å². The van der Waals surface area contributed by atoms with Gasteiger partial charge in [0.05, 0.1) is 0 Å². The van der Waals surface area contributed by atoms with Crippen LogP contribution in [0.5, 0.6) is 0 Å². The van der Waals surface area contributed by atoms with E-state index in [1.54, 1.807) is 4.90 Å². The van der Waals surface area contributed by atoms with Crippen LogP contribution in [-0.4, -0.2) is 55.5 Å². The number of sulfonamides is 1. The molecule has 0 aliphatic carbocycles. The Morgan fingerprint density at radius 3 is 2.38 bits per heavy atom. The third-order valence-electron chi connectivity index (χ3n) is 3.22. The van der Waals surface area contributed by atoms with Crippen LogP contribution in [0.15, 0.2) is 23.2 Å². The predicted molar refractivity (Wildman–Crippen MR) is 79.8 cm³/mol. The van der Waals surface area contributed by atoms with Crippen molar-refractivity contribution >= 4 is 21.8 Å². The van der Waals surface area contributed by atoms with Gasteiger partial charge in [0.25, 0.3) is 0 Å². The molecule has 21 heavy (non-hydrogen) atoms. The van der Waals surface area contributed by atoms with E-state index < -0.39 is 16.0 Å². The number of carboxylic acids is 1. The molecule has 1 heterocycles. The number of aromatic nitrogens is 1. The van der Waals surface area contributed by atoms with E-state index in [-0.39, 0.29) is 17.5 Å². The lowest BCUT2D eigenvalue weighted by Crippen LogP contribution is -2.37. The minimum Gasteiger partial charge on any atom is -0.480 e. The average Bonchev–Trinajstić information content (AvgIpc) is 2.43. The third-order valence-corrected chi connectivity index (χ3v) is 5.02. The van der Waals surface area contributed by atoms with E-state index in [1.165, 1.54) is 32.4 Å². The molecule has 1 unspecified atom stereocenters. The number of hydrogen-bond donors (Lipinski definition) is 1. The van der Waals surface area contributed by atoms with Crippen molar-refractivity contribution in [2.75, 3.05) is 25.5 Å². The number of nitrogens with zero attached hydrogens (tertiary/aromatic N) is 3. The molecule has 1 rings (SSSR count). The molecule has 1 aromatic rings. The Bertz CT molecular complexity index is 584. The predicted octanol–water partition coefficient (Wildman–Crippen LogP) is 1.02. The Balaban J connectivity index is 3.11. The summed E-state index contributed by atoms with van der Waals surface area (Å²) in [5, 5.41) is 8.97. The summed E-state index contributed by atoms with van der Waals surface area (Å²) in [4.78, 5) is 16.8. The first kappa shape index (κ1) is 17.4. The number of aliphatic carboxylic acids is 1. The number of anilines is 1. The largest absolute Gasteiger partial charge is 0.480 e. The Labute approximate surface area is 125 Å². The highest BCUT2D eigenvalue weighted by molar-refractivity contribution is 7.89. The van der Waals surface area contributed by atoms with Crippen LogP contribution < -0.4 is 4.90 Å². The molecule has 0 bridgehead atoms. The molecule has 0 aliphatic heterocycles. The standard InChI is InChI=1S/C13H21N3O4S/c1-5-10(2)16(9-13(17)18)12-7-6-11(8-14-12)21(19,20)15(3)4/h6-8,10H,5,9H2,1-4H3,(H,17,18). The van der Waals surface area contributed by atoms with Crippen molar-refractivity contribution in [2.24, 2.45) is 0 Å². The van der Waals surface area contributed by atoms with Gasteiger partial charge in [0.15, 0.2) is 0 Å². The summed E-state index contributed by atoms with van der Waals surface area (Å²) in [6, 6.07) is 2.96. The molecule has 0 aromatic carbocycles. The molecule has 7 nitrogen and oxygen atoms in total. The quantitative estimate of drug-likeness (QED) is 0.808. The fourth-order valence-corrected chi connectivity index (χ4v) is 2.58. The zero-order chi connectivity index (χ0) is 16.2. The van der Waals surface area contributed by atoms with Crippen LogP contribution in [0.2, 0.25) is 0 Å². The summed E-state index contributed by atoms with van der Waals surface area (Å²) in [7, 11) is -0.645. The first-order valence-electron chi connectivity index (χ1n) is 6.57. The van der Waals surface area contributed by atoms with E-state index in [9.17, 15) is 13.2 Å².